The minimum Gasteiger partial charge on any atom is -0.378 e. The third kappa shape index (κ3) is 5.77. The van der Waals surface area contributed by atoms with E-state index >= 15 is 0 Å². The number of hydrogen-bond acceptors (Lipinski definition) is 6. The van der Waals surface area contributed by atoms with Gasteiger partial charge in [0.1, 0.15) is 5.82 Å². The third-order valence-electron chi connectivity index (χ3n) is 5.38. The van der Waals surface area contributed by atoms with Crippen LogP contribution in [0.2, 0.25) is 0 Å². The van der Waals surface area contributed by atoms with Gasteiger partial charge >= 0.3 is 0 Å². The summed E-state index contributed by atoms with van der Waals surface area (Å²) in [5.41, 5.74) is 2.25. The van der Waals surface area contributed by atoms with Gasteiger partial charge < -0.3 is 15.0 Å². The van der Waals surface area contributed by atoms with Crippen LogP contribution in [0, 0.1) is 0 Å². The van der Waals surface area contributed by atoms with Crippen molar-refractivity contribution in [2.45, 2.75) is 39.8 Å². The maximum Gasteiger partial charge on any atom is 0.251 e. The summed E-state index contributed by atoms with van der Waals surface area (Å²) in [6.45, 7) is 13.3. The fourth-order valence-corrected chi connectivity index (χ4v) is 3.76. The van der Waals surface area contributed by atoms with Gasteiger partial charge in [-0.05, 0) is 52.0 Å². The Labute approximate surface area is 179 Å². The Hall–Kier alpha value is -2.51. The van der Waals surface area contributed by atoms with E-state index in [-0.39, 0.29) is 5.91 Å². The Morgan fingerprint density at radius 3 is 2.50 bits per heavy atom. The van der Waals surface area contributed by atoms with Gasteiger partial charge in [-0.1, -0.05) is 0 Å². The zero-order valence-corrected chi connectivity index (χ0v) is 18.5. The molecular formula is C23H33N5O2. The molecule has 162 valence electrons. The number of anilines is 1. The van der Waals surface area contributed by atoms with Crippen molar-refractivity contribution >= 4 is 11.7 Å². The highest BCUT2D eigenvalue weighted by Gasteiger charge is 2.15. The fourth-order valence-electron chi connectivity index (χ4n) is 3.76. The van der Waals surface area contributed by atoms with Crippen molar-refractivity contribution in [3.8, 4) is 11.3 Å². The van der Waals surface area contributed by atoms with Gasteiger partial charge in [-0.2, -0.15) is 0 Å². The van der Waals surface area contributed by atoms with Crippen molar-refractivity contribution in [3.05, 3.63) is 42.2 Å². The molecule has 3 rings (SSSR count). The second-order valence-electron chi connectivity index (χ2n) is 8.12. The molecule has 1 aliphatic heterocycles. The first-order valence-corrected chi connectivity index (χ1v) is 10.7. The van der Waals surface area contributed by atoms with Gasteiger partial charge in [0.15, 0.2) is 0 Å². The van der Waals surface area contributed by atoms with Crippen molar-refractivity contribution in [2.75, 3.05) is 44.3 Å². The molecule has 1 saturated heterocycles. The number of carbonyl (C=O) groups is 1. The second kappa shape index (κ2) is 10.5. The summed E-state index contributed by atoms with van der Waals surface area (Å²) in [4.78, 5) is 26.2. The number of rotatable bonds is 8. The van der Waals surface area contributed by atoms with Gasteiger partial charge in [0, 0.05) is 61.8 Å². The highest BCUT2D eigenvalue weighted by molar-refractivity contribution is 5.95. The average Bonchev–Trinajstić information content (AvgIpc) is 2.77. The molecule has 0 aliphatic carbocycles. The summed E-state index contributed by atoms with van der Waals surface area (Å²) in [6.07, 6.45) is 3.49. The zero-order chi connectivity index (χ0) is 21.5. The second-order valence-corrected chi connectivity index (χ2v) is 8.12. The fraction of sp³-hybridized carbons (Fsp3) is 0.522. The first-order chi connectivity index (χ1) is 14.5. The number of nitrogens with zero attached hydrogens (tertiary/aromatic N) is 4. The van der Waals surface area contributed by atoms with Crippen molar-refractivity contribution in [3.63, 3.8) is 0 Å². The Kier molecular flexibility index (Phi) is 7.76. The molecular weight excluding hydrogens is 378 g/mol. The first kappa shape index (κ1) is 22.2. The summed E-state index contributed by atoms with van der Waals surface area (Å²) < 4.78 is 5.39. The van der Waals surface area contributed by atoms with Gasteiger partial charge in [0.2, 0.25) is 0 Å². The molecule has 1 amide bonds. The molecule has 0 atom stereocenters. The van der Waals surface area contributed by atoms with Gasteiger partial charge in [0.05, 0.1) is 18.9 Å². The number of nitrogens with one attached hydrogen (secondary N) is 1. The summed E-state index contributed by atoms with van der Waals surface area (Å²) >= 11 is 0. The van der Waals surface area contributed by atoms with Crippen LogP contribution in [0.25, 0.3) is 11.3 Å². The normalized spacial score (nSPS) is 14.6. The SMILES string of the molecule is CC(C)N(CCNC(=O)c1ccnc(-c2ccc(N3CCOCC3)nc2)c1)C(C)C. The van der Waals surface area contributed by atoms with E-state index < -0.39 is 0 Å². The van der Waals surface area contributed by atoms with Crippen LogP contribution in [0.3, 0.4) is 0 Å². The van der Waals surface area contributed by atoms with E-state index in [2.05, 4.69) is 52.8 Å². The van der Waals surface area contributed by atoms with Gasteiger partial charge in [-0.25, -0.2) is 4.98 Å². The molecule has 0 aromatic carbocycles. The minimum atomic E-state index is -0.0796. The lowest BCUT2D eigenvalue weighted by Crippen LogP contribution is -2.42. The predicted octanol–water partition coefficient (Wildman–Crippen LogP) is 2.83. The molecule has 0 unspecified atom stereocenters. The minimum absolute atomic E-state index is 0.0796. The quantitative estimate of drug-likeness (QED) is 0.720. The first-order valence-electron chi connectivity index (χ1n) is 10.7. The third-order valence-corrected chi connectivity index (χ3v) is 5.38. The Morgan fingerprint density at radius 1 is 1.13 bits per heavy atom. The van der Waals surface area contributed by atoms with Crippen molar-refractivity contribution < 1.29 is 9.53 Å². The van der Waals surface area contributed by atoms with E-state index in [1.165, 1.54) is 0 Å². The summed E-state index contributed by atoms with van der Waals surface area (Å²) in [6, 6.07) is 8.47. The van der Waals surface area contributed by atoms with E-state index in [9.17, 15) is 4.79 Å². The lowest BCUT2D eigenvalue weighted by atomic mass is 10.1. The molecule has 0 radical (unpaired) electrons. The van der Waals surface area contributed by atoms with Crippen LogP contribution in [0.1, 0.15) is 38.1 Å². The van der Waals surface area contributed by atoms with Crippen molar-refractivity contribution in [1.82, 2.24) is 20.2 Å². The smallest absolute Gasteiger partial charge is 0.251 e. The summed E-state index contributed by atoms with van der Waals surface area (Å²) in [5.74, 6) is 0.861. The molecule has 30 heavy (non-hydrogen) atoms. The average molecular weight is 412 g/mol. The molecule has 1 aliphatic rings. The molecule has 1 fully saturated rings. The Morgan fingerprint density at radius 2 is 1.87 bits per heavy atom. The molecule has 2 aromatic heterocycles. The largest absolute Gasteiger partial charge is 0.378 e. The highest BCUT2D eigenvalue weighted by Crippen LogP contribution is 2.20. The predicted molar refractivity (Wildman–Crippen MR) is 120 cm³/mol. The molecule has 0 saturated carbocycles. The Bertz CT molecular complexity index is 809. The van der Waals surface area contributed by atoms with E-state index in [0.29, 0.717) is 24.2 Å². The number of aromatic nitrogens is 2. The summed E-state index contributed by atoms with van der Waals surface area (Å²) in [7, 11) is 0. The summed E-state index contributed by atoms with van der Waals surface area (Å²) in [5, 5.41) is 3.03. The van der Waals surface area contributed by atoms with Crippen molar-refractivity contribution in [2.24, 2.45) is 0 Å². The number of morpholine rings is 1. The number of ether oxygens (including phenoxy) is 1. The lowest BCUT2D eigenvalue weighted by Gasteiger charge is -2.30. The monoisotopic (exact) mass is 411 g/mol. The van der Waals surface area contributed by atoms with Crippen LogP contribution in [-0.4, -0.2) is 72.3 Å². The number of hydrogen-bond donors (Lipinski definition) is 1. The highest BCUT2D eigenvalue weighted by atomic mass is 16.5. The van der Waals surface area contributed by atoms with Gasteiger partial charge in [0.25, 0.3) is 5.91 Å². The zero-order valence-electron chi connectivity index (χ0n) is 18.5. The van der Waals surface area contributed by atoms with Crippen LogP contribution >= 0.6 is 0 Å². The number of carbonyl (C=O) groups excluding carboxylic acids is 1. The topological polar surface area (TPSA) is 70.6 Å². The van der Waals surface area contributed by atoms with Gasteiger partial charge in [-0.15, -0.1) is 0 Å². The maximum absolute atomic E-state index is 12.6. The van der Waals surface area contributed by atoms with Crippen LogP contribution in [0.15, 0.2) is 36.7 Å². The van der Waals surface area contributed by atoms with E-state index in [4.69, 9.17) is 4.74 Å². The van der Waals surface area contributed by atoms with Gasteiger partial charge in [-0.3, -0.25) is 14.7 Å². The van der Waals surface area contributed by atoms with Crippen molar-refractivity contribution in [1.29, 1.82) is 0 Å². The van der Waals surface area contributed by atoms with Crippen LogP contribution in [0.4, 0.5) is 5.82 Å². The Balaban J connectivity index is 1.61. The molecule has 0 spiro atoms. The van der Waals surface area contributed by atoms with E-state index in [0.717, 1.165) is 49.9 Å². The molecule has 1 N–H and O–H groups in total. The van der Waals surface area contributed by atoms with E-state index in [1.54, 1.807) is 12.3 Å². The molecule has 3 heterocycles. The standard InChI is InChI=1S/C23H33N5O2/c1-17(2)28(18(3)4)10-9-25-23(29)19-7-8-24-21(15-19)20-5-6-22(26-16-20)27-11-13-30-14-12-27/h5-8,15-18H,9-14H2,1-4H3,(H,25,29). The van der Waals surface area contributed by atoms with Crippen LogP contribution < -0.4 is 10.2 Å². The lowest BCUT2D eigenvalue weighted by molar-refractivity contribution is 0.0939. The molecule has 0 bridgehead atoms. The number of pyridine rings is 2. The molecule has 7 heteroatoms. The van der Waals surface area contributed by atoms with Crippen LogP contribution in [0.5, 0.6) is 0 Å². The van der Waals surface area contributed by atoms with Crippen LogP contribution in [-0.2, 0) is 4.74 Å². The maximum atomic E-state index is 12.6. The molecule has 7 nitrogen and oxygen atoms in total. The van der Waals surface area contributed by atoms with E-state index in [1.807, 2.05) is 24.4 Å². The molecule has 2 aromatic rings. The number of amides is 1.